The minimum absolute atomic E-state index is 0.0463. The zero-order chi connectivity index (χ0) is 13.9. The number of hydrogen-bond acceptors (Lipinski definition) is 4. The van der Waals surface area contributed by atoms with Crippen LogP contribution in [0.15, 0.2) is 17.5 Å². The van der Waals surface area contributed by atoms with Crippen LogP contribution in [0.5, 0.6) is 0 Å². The molecule has 1 saturated carbocycles. The minimum atomic E-state index is 0.0463. The summed E-state index contributed by atoms with van der Waals surface area (Å²) in [5.41, 5.74) is 6.00. The van der Waals surface area contributed by atoms with E-state index in [-0.39, 0.29) is 24.0 Å². The number of morpholine rings is 1. The highest BCUT2D eigenvalue weighted by Crippen LogP contribution is 2.29. The number of thiophene rings is 1. The molecular weight excluding hydrogens is 272 g/mol. The van der Waals surface area contributed by atoms with Crippen LogP contribution in [0.2, 0.25) is 0 Å². The lowest BCUT2D eigenvalue weighted by Crippen LogP contribution is -2.46. The van der Waals surface area contributed by atoms with Gasteiger partial charge in [0, 0.05) is 23.4 Å². The second-order valence-corrected chi connectivity index (χ2v) is 6.76. The maximum atomic E-state index is 12.6. The van der Waals surface area contributed by atoms with Crippen molar-refractivity contribution >= 4 is 17.2 Å². The number of nitrogens with zero attached hydrogens (tertiary/aromatic N) is 1. The fourth-order valence-corrected chi connectivity index (χ4v) is 3.97. The summed E-state index contributed by atoms with van der Waals surface area (Å²) in [7, 11) is 0. The van der Waals surface area contributed by atoms with E-state index in [1.807, 2.05) is 11.0 Å². The molecule has 2 aliphatic rings. The molecule has 3 atom stereocenters. The summed E-state index contributed by atoms with van der Waals surface area (Å²) >= 11 is 1.70. The lowest BCUT2D eigenvalue weighted by Gasteiger charge is -2.36. The molecule has 1 aliphatic heterocycles. The predicted molar refractivity (Wildman–Crippen MR) is 79.5 cm³/mol. The van der Waals surface area contributed by atoms with Gasteiger partial charge in [-0.25, -0.2) is 0 Å². The summed E-state index contributed by atoms with van der Waals surface area (Å²) in [6, 6.07) is 4.32. The Morgan fingerprint density at radius 2 is 2.35 bits per heavy atom. The largest absolute Gasteiger partial charge is 0.369 e. The Morgan fingerprint density at radius 1 is 1.45 bits per heavy atom. The Hall–Kier alpha value is -0.910. The molecule has 1 amide bonds. The van der Waals surface area contributed by atoms with Crippen LogP contribution in [0.1, 0.15) is 36.7 Å². The zero-order valence-corrected chi connectivity index (χ0v) is 12.5. The van der Waals surface area contributed by atoms with Crippen molar-refractivity contribution < 1.29 is 9.53 Å². The average molecular weight is 294 g/mol. The second kappa shape index (κ2) is 6.24. The van der Waals surface area contributed by atoms with Gasteiger partial charge in [-0.1, -0.05) is 12.5 Å². The fraction of sp³-hybridized carbons (Fsp3) is 0.667. The molecule has 1 aromatic heterocycles. The number of nitrogens with two attached hydrogens (primary N) is 1. The normalized spacial score (nSPS) is 31.2. The first kappa shape index (κ1) is 14.0. The SMILES string of the molecule is NC1CCCC(C(=O)N2CCOC(c3cccs3)C2)C1. The Kier molecular flexibility index (Phi) is 4.38. The third kappa shape index (κ3) is 3.05. The van der Waals surface area contributed by atoms with E-state index in [1.54, 1.807) is 11.3 Å². The monoisotopic (exact) mass is 294 g/mol. The van der Waals surface area contributed by atoms with Gasteiger partial charge in [0.25, 0.3) is 0 Å². The number of amides is 1. The van der Waals surface area contributed by atoms with Gasteiger partial charge in [0.05, 0.1) is 13.2 Å². The summed E-state index contributed by atoms with van der Waals surface area (Å²) < 4.78 is 5.80. The second-order valence-electron chi connectivity index (χ2n) is 5.78. The molecule has 3 rings (SSSR count). The molecule has 0 radical (unpaired) electrons. The molecule has 1 saturated heterocycles. The van der Waals surface area contributed by atoms with E-state index < -0.39 is 0 Å². The lowest BCUT2D eigenvalue weighted by atomic mass is 9.85. The highest BCUT2D eigenvalue weighted by atomic mass is 32.1. The molecule has 3 unspecified atom stereocenters. The number of hydrogen-bond donors (Lipinski definition) is 1. The lowest BCUT2D eigenvalue weighted by molar-refractivity contribution is -0.144. The van der Waals surface area contributed by atoms with Gasteiger partial charge in [0.1, 0.15) is 6.10 Å². The topological polar surface area (TPSA) is 55.6 Å². The maximum Gasteiger partial charge on any atom is 0.225 e. The molecule has 5 heteroatoms. The van der Waals surface area contributed by atoms with Crippen molar-refractivity contribution in [2.45, 2.75) is 37.8 Å². The third-order valence-corrected chi connectivity index (χ3v) is 5.27. The smallest absolute Gasteiger partial charge is 0.225 e. The number of carbonyl (C=O) groups excluding carboxylic acids is 1. The third-order valence-electron chi connectivity index (χ3n) is 4.30. The molecule has 110 valence electrons. The van der Waals surface area contributed by atoms with E-state index in [0.29, 0.717) is 19.7 Å². The van der Waals surface area contributed by atoms with E-state index in [4.69, 9.17) is 10.5 Å². The summed E-state index contributed by atoms with van der Waals surface area (Å²) in [4.78, 5) is 15.8. The first-order chi connectivity index (χ1) is 9.74. The molecule has 2 fully saturated rings. The van der Waals surface area contributed by atoms with Crippen LogP contribution >= 0.6 is 11.3 Å². The van der Waals surface area contributed by atoms with Gasteiger partial charge in [-0.2, -0.15) is 0 Å². The van der Waals surface area contributed by atoms with E-state index >= 15 is 0 Å². The van der Waals surface area contributed by atoms with Gasteiger partial charge in [0.2, 0.25) is 5.91 Å². The Bertz CT molecular complexity index is 449. The molecule has 2 heterocycles. The summed E-state index contributed by atoms with van der Waals surface area (Å²) in [5.74, 6) is 0.408. The van der Waals surface area contributed by atoms with Crippen LogP contribution in [-0.4, -0.2) is 36.5 Å². The number of ether oxygens (including phenoxy) is 1. The Morgan fingerprint density at radius 3 is 3.10 bits per heavy atom. The van der Waals surface area contributed by atoms with E-state index in [0.717, 1.165) is 25.7 Å². The van der Waals surface area contributed by atoms with Gasteiger partial charge in [-0.3, -0.25) is 4.79 Å². The van der Waals surface area contributed by atoms with Crippen molar-refractivity contribution in [2.24, 2.45) is 11.7 Å². The van der Waals surface area contributed by atoms with Crippen LogP contribution < -0.4 is 5.73 Å². The first-order valence-electron chi connectivity index (χ1n) is 7.43. The van der Waals surface area contributed by atoms with Crippen LogP contribution in [0, 0.1) is 5.92 Å². The van der Waals surface area contributed by atoms with Crippen molar-refractivity contribution in [3.05, 3.63) is 22.4 Å². The maximum absolute atomic E-state index is 12.6. The van der Waals surface area contributed by atoms with Crippen LogP contribution in [0.4, 0.5) is 0 Å². The van der Waals surface area contributed by atoms with Gasteiger partial charge in [0.15, 0.2) is 0 Å². The van der Waals surface area contributed by atoms with Gasteiger partial charge >= 0.3 is 0 Å². The average Bonchev–Trinajstić information content (AvgIpc) is 3.01. The van der Waals surface area contributed by atoms with Crippen molar-refractivity contribution in [1.82, 2.24) is 4.90 Å². The molecule has 4 nitrogen and oxygen atoms in total. The van der Waals surface area contributed by atoms with Crippen molar-refractivity contribution in [2.75, 3.05) is 19.7 Å². The van der Waals surface area contributed by atoms with Gasteiger partial charge < -0.3 is 15.4 Å². The molecule has 1 aliphatic carbocycles. The van der Waals surface area contributed by atoms with E-state index in [1.165, 1.54) is 4.88 Å². The predicted octanol–water partition coefficient (Wildman–Crippen LogP) is 2.17. The first-order valence-corrected chi connectivity index (χ1v) is 8.31. The fourth-order valence-electron chi connectivity index (χ4n) is 3.21. The van der Waals surface area contributed by atoms with E-state index in [2.05, 4.69) is 11.4 Å². The number of carbonyl (C=O) groups is 1. The highest BCUT2D eigenvalue weighted by Gasteiger charge is 2.32. The standard InChI is InChI=1S/C15H22N2O2S/c16-12-4-1-3-11(9-12)15(18)17-6-7-19-13(10-17)14-5-2-8-20-14/h2,5,8,11-13H,1,3-4,6-7,9-10,16H2. The molecule has 2 N–H and O–H groups in total. The van der Waals surface area contributed by atoms with Crippen LogP contribution in [-0.2, 0) is 9.53 Å². The van der Waals surface area contributed by atoms with Crippen molar-refractivity contribution in [1.29, 1.82) is 0 Å². The zero-order valence-electron chi connectivity index (χ0n) is 11.7. The summed E-state index contributed by atoms with van der Waals surface area (Å²) in [6.45, 7) is 2.03. The summed E-state index contributed by atoms with van der Waals surface area (Å²) in [5, 5.41) is 2.06. The van der Waals surface area contributed by atoms with Gasteiger partial charge in [-0.05, 0) is 30.7 Å². The van der Waals surface area contributed by atoms with Crippen LogP contribution in [0.25, 0.3) is 0 Å². The van der Waals surface area contributed by atoms with Crippen LogP contribution in [0.3, 0.4) is 0 Å². The van der Waals surface area contributed by atoms with Gasteiger partial charge in [-0.15, -0.1) is 11.3 Å². The summed E-state index contributed by atoms with van der Waals surface area (Å²) in [6.07, 6.45) is 4.03. The Balaban J connectivity index is 1.63. The quantitative estimate of drug-likeness (QED) is 0.909. The van der Waals surface area contributed by atoms with Crippen molar-refractivity contribution in [3.63, 3.8) is 0 Å². The molecule has 0 spiro atoms. The highest BCUT2D eigenvalue weighted by molar-refractivity contribution is 7.10. The molecular formula is C15H22N2O2S. The molecule has 0 aromatic carbocycles. The number of rotatable bonds is 2. The van der Waals surface area contributed by atoms with E-state index in [9.17, 15) is 4.79 Å². The van der Waals surface area contributed by atoms with Crippen molar-refractivity contribution in [3.8, 4) is 0 Å². The molecule has 0 bridgehead atoms. The minimum Gasteiger partial charge on any atom is -0.369 e. The Labute approximate surface area is 123 Å². The molecule has 20 heavy (non-hydrogen) atoms. The molecule has 1 aromatic rings.